The average Bonchev–Trinajstić information content (AvgIpc) is 3.29. The fraction of sp³-hybridized carbons (Fsp3) is 0.207. The highest BCUT2D eigenvalue weighted by molar-refractivity contribution is 5.98. The number of hydrogen-bond acceptors (Lipinski definition) is 4. The second-order valence-corrected chi connectivity index (χ2v) is 8.75. The topological polar surface area (TPSA) is 88.5 Å². The Hall–Kier alpha value is -4.19. The fourth-order valence-corrected chi connectivity index (χ4v) is 4.51. The van der Waals surface area contributed by atoms with Crippen LogP contribution in [0.25, 0.3) is 22.2 Å². The van der Waals surface area contributed by atoms with E-state index in [0.29, 0.717) is 25.0 Å². The lowest BCUT2D eigenvalue weighted by Gasteiger charge is -2.14. The van der Waals surface area contributed by atoms with Crippen LogP contribution in [0.4, 0.5) is 0 Å². The summed E-state index contributed by atoms with van der Waals surface area (Å²) in [6.07, 6.45) is 2.22. The molecule has 1 aliphatic rings. The number of fused-ring (bicyclic) bond motifs is 2. The molecule has 0 saturated heterocycles. The summed E-state index contributed by atoms with van der Waals surface area (Å²) in [7, 11) is 0. The van der Waals surface area contributed by atoms with Crippen molar-refractivity contribution in [1.29, 1.82) is 0 Å². The summed E-state index contributed by atoms with van der Waals surface area (Å²) in [4.78, 5) is 28.9. The van der Waals surface area contributed by atoms with Crippen molar-refractivity contribution in [2.24, 2.45) is 0 Å². The molecule has 0 radical (unpaired) electrons. The Morgan fingerprint density at radius 3 is 2.60 bits per heavy atom. The number of rotatable bonds is 8. The number of aliphatic carboxylic acids is 1. The number of carboxylic acids is 1. The van der Waals surface area contributed by atoms with E-state index in [4.69, 9.17) is 14.8 Å². The molecule has 0 bridgehead atoms. The molecule has 1 aliphatic heterocycles. The second kappa shape index (κ2) is 9.97. The summed E-state index contributed by atoms with van der Waals surface area (Å²) < 4.78 is 5.69. The number of carboxylic acid groups (broad SMARTS) is 1. The third kappa shape index (κ3) is 5.01. The molecule has 35 heavy (non-hydrogen) atoms. The second-order valence-electron chi connectivity index (χ2n) is 8.75. The summed E-state index contributed by atoms with van der Waals surface area (Å²) in [5.41, 5.74) is 5.32. The highest BCUT2D eigenvalue weighted by Crippen LogP contribution is 2.32. The monoisotopic (exact) mass is 466 g/mol. The minimum atomic E-state index is -0.782. The normalized spacial score (nSPS) is 14.3. The molecule has 1 atom stereocenters. The van der Waals surface area contributed by atoms with E-state index < -0.39 is 5.97 Å². The molecule has 0 spiro atoms. The lowest BCUT2D eigenvalue weighted by atomic mass is 9.98. The molecule has 5 rings (SSSR count). The summed E-state index contributed by atoms with van der Waals surface area (Å²) >= 11 is 0. The van der Waals surface area contributed by atoms with Crippen molar-refractivity contribution in [3.63, 3.8) is 0 Å². The Morgan fingerprint density at radius 2 is 1.77 bits per heavy atom. The zero-order chi connectivity index (χ0) is 24.2. The molecule has 2 heterocycles. The highest BCUT2D eigenvalue weighted by atomic mass is 16.5. The molecule has 4 aromatic rings. The van der Waals surface area contributed by atoms with Gasteiger partial charge in [-0.05, 0) is 55.2 Å². The molecule has 1 amide bonds. The zero-order valence-corrected chi connectivity index (χ0v) is 19.2. The van der Waals surface area contributed by atoms with Gasteiger partial charge in [0.1, 0.15) is 12.4 Å². The van der Waals surface area contributed by atoms with Gasteiger partial charge in [0.15, 0.2) is 0 Å². The molecule has 176 valence electrons. The maximum Gasteiger partial charge on any atom is 0.303 e. The minimum absolute atomic E-state index is 0.153. The van der Waals surface area contributed by atoms with Crippen LogP contribution < -0.4 is 10.1 Å². The van der Waals surface area contributed by atoms with Gasteiger partial charge >= 0.3 is 5.97 Å². The van der Waals surface area contributed by atoms with Gasteiger partial charge in [0.05, 0.1) is 17.3 Å². The summed E-state index contributed by atoms with van der Waals surface area (Å²) in [6, 6.07) is 25.2. The maximum absolute atomic E-state index is 13.1. The number of amides is 1. The number of unbranched alkanes of at least 4 members (excludes halogenated alkanes) is 1. The van der Waals surface area contributed by atoms with Crippen LogP contribution >= 0.6 is 0 Å². The van der Waals surface area contributed by atoms with Gasteiger partial charge < -0.3 is 15.2 Å². The van der Waals surface area contributed by atoms with E-state index in [1.807, 2.05) is 66.7 Å². The molecule has 1 aromatic heterocycles. The maximum atomic E-state index is 13.1. The van der Waals surface area contributed by atoms with Crippen molar-refractivity contribution in [2.45, 2.75) is 31.7 Å². The average molecular weight is 467 g/mol. The number of carbonyl (C=O) groups is 2. The van der Waals surface area contributed by atoms with Gasteiger partial charge in [-0.15, -0.1) is 0 Å². The van der Waals surface area contributed by atoms with Gasteiger partial charge in [-0.1, -0.05) is 48.5 Å². The Balaban J connectivity index is 1.42. The van der Waals surface area contributed by atoms with E-state index in [1.54, 1.807) is 6.07 Å². The lowest BCUT2D eigenvalue weighted by Crippen LogP contribution is -2.29. The molecule has 0 saturated carbocycles. The predicted molar refractivity (Wildman–Crippen MR) is 135 cm³/mol. The van der Waals surface area contributed by atoms with E-state index in [2.05, 4.69) is 11.4 Å². The third-order valence-electron chi connectivity index (χ3n) is 6.30. The van der Waals surface area contributed by atoms with Gasteiger partial charge in [-0.3, -0.25) is 9.59 Å². The van der Waals surface area contributed by atoms with Crippen molar-refractivity contribution in [1.82, 2.24) is 10.3 Å². The van der Waals surface area contributed by atoms with Crippen LogP contribution in [0, 0.1) is 0 Å². The largest absolute Gasteiger partial charge is 0.491 e. The van der Waals surface area contributed by atoms with Crippen molar-refractivity contribution in [2.75, 3.05) is 6.61 Å². The van der Waals surface area contributed by atoms with E-state index in [1.165, 1.54) is 0 Å². The van der Waals surface area contributed by atoms with Gasteiger partial charge in [-0.2, -0.15) is 0 Å². The molecule has 6 nitrogen and oxygen atoms in total. The molecular formula is C29H26N2O4. The van der Waals surface area contributed by atoms with Crippen molar-refractivity contribution in [3.8, 4) is 17.0 Å². The third-order valence-corrected chi connectivity index (χ3v) is 6.30. The standard InChI is InChI=1S/C29H26N2O4/c32-27(33)13-7-4-10-20-16-22-17-21(14-15-24(22)30-28(20)19-8-2-1-3-9-19)29(34)31-25-18-35-26-12-6-5-11-23(25)26/h1-3,5-6,8-9,11-12,14-17,25H,4,7,10,13,18H2,(H,31,34)(H,32,33)/t25-/m0/s1. The van der Waals surface area contributed by atoms with Gasteiger partial charge in [0.25, 0.3) is 5.91 Å². The molecule has 6 heteroatoms. The first-order valence-corrected chi connectivity index (χ1v) is 11.8. The molecular weight excluding hydrogens is 440 g/mol. The van der Waals surface area contributed by atoms with Crippen molar-refractivity contribution < 1.29 is 19.4 Å². The van der Waals surface area contributed by atoms with E-state index in [-0.39, 0.29) is 18.4 Å². The van der Waals surface area contributed by atoms with Crippen LogP contribution in [-0.4, -0.2) is 28.6 Å². The number of carbonyl (C=O) groups excluding carboxylic acids is 1. The summed E-state index contributed by atoms with van der Waals surface area (Å²) in [5, 5.41) is 12.9. The fourth-order valence-electron chi connectivity index (χ4n) is 4.51. The van der Waals surface area contributed by atoms with E-state index in [0.717, 1.165) is 45.5 Å². The molecule has 0 aliphatic carbocycles. The lowest BCUT2D eigenvalue weighted by molar-refractivity contribution is -0.137. The van der Waals surface area contributed by atoms with Crippen molar-refractivity contribution >= 4 is 22.8 Å². The Morgan fingerprint density at radius 1 is 0.971 bits per heavy atom. The van der Waals surface area contributed by atoms with Crippen molar-refractivity contribution in [3.05, 3.63) is 95.6 Å². The summed E-state index contributed by atoms with van der Waals surface area (Å²) in [6.45, 7) is 0.418. The van der Waals surface area contributed by atoms with Crippen LogP contribution in [0.2, 0.25) is 0 Å². The van der Waals surface area contributed by atoms with Crippen LogP contribution in [0.3, 0.4) is 0 Å². The molecule has 0 unspecified atom stereocenters. The Bertz CT molecular complexity index is 1380. The first-order chi connectivity index (χ1) is 17.1. The van der Waals surface area contributed by atoms with E-state index in [9.17, 15) is 9.59 Å². The first kappa shape index (κ1) is 22.6. The van der Waals surface area contributed by atoms with Crippen LogP contribution in [0.1, 0.15) is 46.8 Å². The molecule has 0 fully saturated rings. The predicted octanol–water partition coefficient (Wildman–Crippen LogP) is 5.56. The number of nitrogens with one attached hydrogen (secondary N) is 1. The number of ether oxygens (including phenoxy) is 1. The molecule has 2 N–H and O–H groups in total. The number of aromatic nitrogens is 1. The summed E-state index contributed by atoms with van der Waals surface area (Å²) in [5.74, 6) is -0.135. The SMILES string of the molecule is O=C(O)CCCCc1cc2cc(C(=O)N[C@H]3COc4ccccc43)ccc2nc1-c1ccccc1. The van der Waals surface area contributed by atoms with Crippen LogP contribution in [0.15, 0.2) is 78.9 Å². The number of nitrogens with zero attached hydrogens (tertiary/aromatic N) is 1. The number of para-hydroxylation sites is 1. The molecule has 3 aromatic carbocycles. The van der Waals surface area contributed by atoms with Gasteiger partial charge in [0, 0.05) is 28.5 Å². The first-order valence-electron chi connectivity index (χ1n) is 11.8. The minimum Gasteiger partial charge on any atom is -0.491 e. The number of pyridine rings is 1. The Labute approximate surface area is 203 Å². The smallest absolute Gasteiger partial charge is 0.303 e. The number of benzene rings is 3. The number of hydrogen-bond donors (Lipinski definition) is 2. The Kier molecular flexibility index (Phi) is 6.44. The van der Waals surface area contributed by atoms with Crippen LogP contribution in [0.5, 0.6) is 5.75 Å². The highest BCUT2D eigenvalue weighted by Gasteiger charge is 2.25. The number of aryl methyl sites for hydroxylation is 1. The van der Waals surface area contributed by atoms with Gasteiger partial charge in [0.2, 0.25) is 0 Å². The quantitative estimate of drug-likeness (QED) is 0.332. The zero-order valence-electron chi connectivity index (χ0n) is 19.2. The van der Waals surface area contributed by atoms with Gasteiger partial charge in [-0.25, -0.2) is 4.98 Å². The van der Waals surface area contributed by atoms with E-state index >= 15 is 0 Å². The van der Waals surface area contributed by atoms with Crippen LogP contribution in [-0.2, 0) is 11.2 Å².